The highest BCUT2D eigenvalue weighted by molar-refractivity contribution is 7.47. The number of unbranched alkanes of at least 4 members (excludes halogenated alkanes) is 58. The molecule has 0 aromatic heterocycles. The third-order valence-electron chi connectivity index (χ3n) is 18.2. The maximum absolute atomic E-state index is 13.1. The number of carbonyl (C=O) groups excluding carboxylic acids is 1. The number of hydrogen-bond donors (Lipinski definition) is 3. The molecule has 0 saturated heterocycles. The van der Waals surface area contributed by atoms with Crippen LogP contribution in [0.4, 0.5) is 0 Å². The van der Waals surface area contributed by atoms with Crippen molar-refractivity contribution >= 4 is 13.7 Å². The minimum atomic E-state index is -4.36. The van der Waals surface area contributed by atoms with Gasteiger partial charge >= 0.3 is 7.82 Å². The van der Waals surface area contributed by atoms with Crippen LogP contribution in [0.5, 0.6) is 0 Å². The van der Waals surface area contributed by atoms with Gasteiger partial charge in [-0.2, -0.15) is 0 Å². The van der Waals surface area contributed by atoms with Gasteiger partial charge in [0.15, 0.2) is 0 Å². The lowest BCUT2D eigenvalue weighted by Gasteiger charge is -2.25. The van der Waals surface area contributed by atoms with Gasteiger partial charge in [-0.25, -0.2) is 4.57 Å². The third-order valence-corrected chi connectivity index (χ3v) is 19.2. The average molecular weight is 1240 g/mol. The normalized spacial score (nSPS) is 13.6. The second-order valence-electron chi connectivity index (χ2n) is 28.1. The largest absolute Gasteiger partial charge is 0.472 e. The zero-order valence-corrected chi connectivity index (χ0v) is 59.7. The van der Waals surface area contributed by atoms with Gasteiger partial charge in [0.05, 0.1) is 39.9 Å². The second kappa shape index (κ2) is 68.3. The molecule has 0 aliphatic carbocycles. The number of aliphatic hydroxyl groups is 1. The Hall–Kier alpha value is -1.02. The molecule has 512 valence electrons. The number of nitrogens with one attached hydrogen (secondary N) is 1. The number of likely N-dealkylation sites (N-methyl/N-ethyl adjacent to an activating group) is 1. The van der Waals surface area contributed by atoms with Crippen molar-refractivity contribution < 1.29 is 32.9 Å². The van der Waals surface area contributed by atoms with Crippen LogP contribution in [0.25, 0.3) is 0 Å². The maximum Gasteiger partial charge on any atom is 0.472 e. The fraction of sp³-hybridized carbons (Fsp3) is 0.935. The van der Waals surface area contributed by atoms with Crippen molar-refractivity contribution in [3.8, 4) is 0 Å². The molecule has 0 radical (unpaired) electrons. The summed E-state index contributed by atoms with van der Waals surface area (Å²) in [4.78, 5) is 23.5. The van der Waals surface area contributed by atoms with Crippen LogP contribution in [0.3, 0.4) is 0 Å². The summed E-state index contributed by atoms with van der Waals surface area (Å²) in [5.41, 5.74) is 0. The lowest BCUT2D eigenvalue weighted by molar-refractivity contribution is -0.870. The highest BCUT2D eigenvalue weighted by Gasteiger charge is 2.28. The van der Waals surface area contributed by atoms with Gasteiger partial charge in [-0.1, -0.05) is 398 Å². The lowest BCUT2D eigenvalue weighted by atomic mass is 10.0. The molecule has 0 heterocycles. The van der Waals surface area contributed by atoms with Crippen LogP contribution in [0.15, 0.2) is 24.3 Å². The predicted molar refractivity (Wildman–Crippen MR) is 378 cm³/mol. The van der Waals surface area contributed by atoms with E-state index in [9.17, 15) is 19.4 Å². The second-order valence-corrected chi connectivity index (χ2v) is 29.5. The van der Waals surface area contributed by atoms with E-state index in [0.717, 1.165) is 38.5 Å². The Morgan fingerprint density at radius 1 is 0.384 bits per heavy atom. The quantitative estimate of drug-likeness (QED) is 0.0243. The molecule has 9 heteroatoms. The topological polar surface area (TPSA) is 105 Å². The summed E-state index contributed by atoms with van der Waals surface area (Å²) >= 11 is 0. The molecule has 0 saturated carbocycles. The average Bonchev–Trinajstić information content (AvgIpc) is 3.70. The smallest absolute Gasteiger partial charge is 0.387 e. The molecule has 0 fully saturated rings. The zero-order valence-electron chi connectivity index (χ0n) is 58.8. The van der Waals surface area contributed by atoms with E-state index < -0.39 is 20.0 Å². The Morgan fingerprint density at radius 3 is 0.930 bits per heavy atom. The van der Waals surface area contributed by atoms with Crippen LogP contribution in [0.2, 0.25) is 0 Å². The first-order chi connectivity index (χ1) is 42.0. The molecule has 0 aliphatic rings. The summed E-state index contributed by atoms with van der Waals surface area (Å²) in [6.07, 6.45) is 90.9. The molecule has 0 aliphatic heterocycles. The lowest BCUT2D eigenvalue weighted by Crippen LogP contribution is -2.45. The van der Waals surface area contributed by atoms with E-state index in [1.54, 1.807) is 6.08 Å². The molecule has 8 nitrogen and oxygen atoms in total. The Labute approximate surface area is 538 Å². The molecule has 0 bridgehead atoms. The number of quaternary nitrogens is 1. The molecule has 0 spiro atoms. The molecule has 86 heavy (non-hydrogen) atoms. The van der Waals surface area contributed by atoms with Gasteiger partial charge < -0.3 is 19.8 Å². The molecule has 0 aromatic carbocycles. The number of rotatable bonds is 73. The van der Waals surface area contributed by atoms with Crippen molar-refractivity contribution in [2.24, 2.45) is 0 Å². The van der Waals surface area contributed by atoms with Crippen LogP contribution < -0.4 is 5.32 Å². The Bertz CT molecular complexity index is 1450. The number of allylic oxidation sites excluding steroid dienone is 3. The summed E-state index contributed by atoms with van der Waals surface area (Å²) in [5.74, 6) is -0.177. The van der Waals surface area contributed by atoms with Crippen LogP contribution >= 0.6 is 7.82 Å². The molecule has 3 unspecified atom stereocenters. The summed E-state index contributed by atoms with van der Waals surface area (Å²) in [6.45, 7) is 4.87. The first kappa shape index (κ1) is 85.0. The van der Waals surface area contributed by atoms with Crippen molar-refractivity contribution in [3.05, 3.63) is 24.3 Å². The summed E-state index contributed by atoms with van der Waals surface area (Å²) in [5, 5.41) is 14.0. The van der Waals surface area contributed by atoms with Gasteiger partial charge in [0.1, 0.15) is 13.2 Å². The highest BCUT2D eigenvalue weighted by Crippen LogP contribution is 2.43. The SMILES string of the molecule is CCCCCCCCCCCCCCCCCCCCCC/C=C/CC/C=C/C(O)C(COP(=O)(O)OCC[N+](C)(C)C)NC(=O)CCCCCCCCCCCCCCCCCCCCCCCCCCCCCCCCCCCCCCCC. The summed E-state index contributed by atoms with van der Waals surface area (Å²) in [6, 6.07) is -0.862. The fourth-order valence-corrected chi connectivity index (χ4v) is 12.9. The van der Waals surface area contributed by atoms with Gasteiger partial charge in [0.2, 0.25) is 5.91 Å². The number of nitrogens with zero attached hydrogens (tertiary/aromatic N) is 1. The molecular formula is C77H154N2O6P+. The minimum absolute atomic E-state index is 0.0592. The van der Waals surface area contributed by atoms with Crippen LogP contribution in [-0.2, 0) is 18.4 Å². The van der Waals surface area contributed by atoms with E-state index >= 15 is 0 Å². The highest BCUT2D eigenvalue weighted by atomic mass is 31.2. The fourth-order valence-electron chi connectivity index (χ4n) is 12.2. The van der Waals surface area contributed by atoms with Crippen molar-refractivity contribution in [3.63, 3.8) is 0 Å². The van der Waals surface area contributed by atoms with Gasteiger partial charge in [0, 0.05) is 6.42 Å². The van der Waals surface area contributed by atoms with E-state index in [1.807, 2.05) is 27.2 Å². The first-order valence-corrected chi connectivity index (χ1v) is 40.2. The van der Waals surface area contributed by atoms with Crippen molar-refractivity contribution in [1.82, 2.24) is 5.32 Å². The summed E-state index contributed by atoms with van der Waals surface area (Å²) in [7, 11) is 1.58. The number of phosphoric acid groups is 1. The standard InChI is InChI=1S/C77H153N2O6P/c1-6-8-10-12-14-16-18-20-22-24-26-28-30-32-34-35-36-37-38-39-40-41-42-43-44-45-47-49-51-53-55-57-59-61-63-65-67-69-71-77(81)78-75(74-85-86(82,83)84-73-72-79(3,4)5)76(80)70-68-66-64-62-60-58-56-54-52-50-48-46-33-31-29-27-25-23-21-19-17-15-13-11-9-7-2/h60,62,68,70,75-76,80H,6-59,61,63-67,69,71-74H2,1-5H3,(H-,78,81,82,83)/p+1/b62-60+,70-68+. The molecule has 3 N–H and O–H groups in total. The Balaban J connectivity index is 3.95. The number of aliphatic hydroxyl groups excluding tert-OH is 1. The van der Waals surface area contributed by atoms with E-state index in [4.69, 9.17) is 9.05 Å². The van der Waals surface area contributed by atoms with Gasteiger partial charge in [-0.05, 0) is 32.1 Å². The van der Waals surface area contributed by atoms with E-state index in [1.165, 1.54) is 353 Å². The number of phosphoric ester groups is 1. The van der Waals surface area contributed by atoms with Crippen LogP contribution in [0.1, 0.15) is 412 Å². The zero-order chi connectivity index (χ0) is 62.6. The molecule has 3 atom stereocenters. The Morgan fingerprint density at radius 2 is 0.640 bits per heavy atom. The Kier molecular flexibility index (Phi) is 67.5. The number of amides is 1. The van der Waals surface area contributed by atoms with E-state index in [-0.39, 0.29) is 19.1 Å². The minimum Gasteiger partial charge on any atom is -0.387 e. The van der Waals surface area contributed by atoms with E-state index in [0.29, 0.717) is 17.4 Å². The first-order valence-electron chi connectivity index (χ1n) is 38.7. The molecule has 1 amide bonds. The number of carbonyl (C=O) groups is 1. The number of hydrogen-bond acceptors (Lipinski definition) is 5. The summed E-state index contributed by atoms with van der Waals surface area (Å²) < 4.78 is 23.8. The third kappa shape index (κ3) is 70.4. The van der Waals surface area contributed by atoms with Gasteiger partial charge in [-0.15, -0.1) is 0 Å². The molecule has 0 aromatic rings. The van der Waals surface area contributed by atoms with Crippen molar-refractivity contribution in [2.45, 2.75) is 424 Å². The van der Waals surface area contributed by atoms with Gasteiger partial charge in [-0.3, -0.25) is 13.8 Å². The molecule has 0 rings (SSSR count). The van der Waals surface area contributed by atoms with Crippen molar-refractivity contribution in [1.29, 1.82) is 0 Å². The van der Waals surface area contributed by atoms with Crippen molar-refractivity contribution in [2.75, 3.05) is 40.9 Å². The molecular weight excluding hydrogens is 1080 g/mol. The predicted octanol–water partition coefficient (Wildman–Crippen LogP) is 25.0. The monoisotopic (exact) mass is 1230 g/mol. The van der Waals surface area contributed by atoms with Crippen LogP contribution in [0, 0.1) is 0 Å². The van der Waals surface area contributed by atoms with Crippen LogP contribution in [-0.4, -0.2) is 73.4 Å². The maximum atomic E-state index is 13.1. The van der Waals surface area contributed by atoms with Gasteiger partial charge in [0.25, 0.3) is 0 Å². The van der Waals surface area contributed by atoms with E-state index in [2.05, 4.69) is 31.3 Å².